The molecule has 0 bridgehead atoms. The molecule has 1 aromatic rings. The van der Waals surface area contributed by atoms with E-state index >= 15 is 0 Å². The Hall–Kier alpha value is -2.22. The van der Waals surface area contributed by atoms with E-state index in [1.54, 1.807) is 12.1 Å². The van der Waals surface area contributed by atoms with E-state index in [2.05, 4.69) is 5.32 Å². The number of hydrogen-bond acceptors (Lipinski definition) is 4. The summed E-state index contributed by atoms with van der Waals surface area (Å²) in [5.41, 5.74) is 7.40. The lowest BCUT2D eigenvalue weighted by Gasteiger charge is -2.15. The van der Waals surface area contributed by atoms with E-state index in [9.17, 15) is 4.79 Å². The smallest absolute Gasteiger partial charge is 0.224 e. The summed E-state index contributed by atoms with van der Waals surface area (Å²) in [7, 11) is 0. The molecule has 1 aromatic carbocycles. The molecule has 0 unspecified atom stereocenters. The lowest BCUT2D eigenvalue weighted by molar-refractivity contribution is -0.129. The van der Waals surface area contributed by atoms with E-state index in [1.165, 1.54) is 0 Å². The number of likely N-dealkylation sites (tertiary alicyclic amines) is 1. The Morgan fingerprint density at radius 2 is 2.16 bits per heavy atom. The average molecular weight is 258 g/mol. The molecular formula is C14H18N4O. The van der Waals surface area contributed by atoms with E-state index in [1.807, 2.05) is 17.0 Å². The SMILES string of the molecule is N#Cc1cc(NCCC(=O)N2CCCC2)ccc1N. The van der Waals surface area contributed by atoms with Crippen molar-refractivity contribution in [3.8, 4) is 6.07 Å². The summed E-state index contributed by atoms with van der Waals surface area (Å²) in [6.45, 7) is 2.35. The Bertz CT molecular complexity index is 501. The van der Waals surface area contributed by atoms with Crippen LogP contribution in [0.25, 0.3) is 0 Å². The Labute approximate surface area is 113 Å². The fraction of sp³-hybridized carbons (Fsp3) is 0.429. The largest absolute Gasteiger partial charge is 0.398 e. The number of nitrogen functional groups attached to an aromatic ring is 1. The first kappa shape index (κ1) is 13.2. The van der Waals surface area contributed by atoms with E-state index in [0.29, 0.717) is 24.2 Å². The Balaban J connectivity index is 1.82. The summed E-state index contributed by atoms with van der Waals surface area (Å²) in [4.78, 5) is 13.7. The molecular weight excluding hydrogens is 240 g/mol. The highest BCUT2D eigenvalue weighted by Gasteiger charge is 2.16. The molecule has 5 heteroatoms. The van der Waals surface area contributed by atoms with Crippen molar-refractivity contribution in [3.63, 3.8) is 0 Å². The molecule has 0 radical (unpaired) electrons. The number of nitriles is 1. The first-order valence-corrected chi connectivity index (χ1v) is 6.52. The zero-order chi connectivity index (χ0) is 13.7. The van der Waals surface area contributed by atoms with Gasteiger partial charge in [0.05, 0.1) is 5.56 Å². The number of carbonyl (C=O) groups excluding carboxylic acids is 1. The lowest BCUT2D eigenvalue weighted by Crippen LogP contribution is -2.29. The summed E-state index contributed by atoms with van der Waals surface area (Å²) in [5.74, 6) is 0.195. The summed E-state index contributed by atoms with van der Waals surface area (Å²) < 4.78 is 0. The first-order chi connectivity index (χ1) is 9.20. The van der Waals surface area contributed by atoms with Crippen LogP contribution in [-0.4, -0.2) is 30.4 Å². The molecule has 3 N–H and O–H groups in total. The van der Waals surface area contributed by atoms with Gasteiger partial charge >= 0.3 is 0 Å². The van der Waals surface area contributed by atoms with Crippen molar-refractivity contribution >= 4 is 17.3 Å². The standard InChI is InChI=1S/C14H18N4O/c15-10-11-9-12(3-4-13(11)16)17-6-5-14(19)18-7-1-2-8-18/h3-4,9,17H,1-2,5-8,16H2. The van der Waals surface area contributed by atoms with Crippen LogP contribution in [0.15, 0.2) is 18.2 Å². The third-order valence-electron chi connectivity index (χ3n) is 3.30. The maximum absolute atomic E-state index is 11.8. The van der Waals surface area contributed by atoms with Crippen LogP contribution in [-0.2, 0) is 4.79 Å². The van der Waals surface area contributed by atoms with Gasteiger partial charge in [-0.25, -0.2) is 0 Å². The molecule has 1 amide bonds. The summed E-state index contributed by atoms with van der Waals surface area (Å²) in [6.07, 6.45) is 2.71. The fourth-order valence-electron chi connectivity index (χ4n) is 2.20. The molecule has 0 atom stereocenters. The number of nitrogens with one attached hydrogen (secondary N) is 1. The van der Waals surface area contributed by atoms with E-state index in [4.69, 9.17) is 11.0 Å². The second-order valence-corrected chi connectivity index (χ2v) is 4.68. The monoisotopic (exact) mass is 258 g/mol. The van der Waals surface area contributed by atoms with Crippen molar-refractivity contribution < 1.29 is 4.79 Å². The molecule has 1 heterocycles. The number of benzene rings is 1. The van der Waals surface area contributed by atoms with Gasteiger partial charge in [0.15, 0.2) is 0 Å². The highest BCUT2D eigenvalue weighted by molar-refractivity contribution is 5.77. The van der Waals surface area contributed by atoms with E-state index in [0.717, 1.165) is 31.6 Å². The van der Waals surface area contributed by atoms with Crippen molar-refractivity contribution in [2.75, 3.05) is 30.7 Å². The predicted octanol–water partition coefficient (Wildman–Crippen LogP) is 1.56. The molecule has 1 fully saturated rings. The highest BCUT2D eigenvalue weighted by Crippen LogP contribution is 2.17. The molecule has 2 rings (SSSR count). The molecule has 0 aromatic heterocycles. The number of hydrogen-bond donors (Lipinski definition) is 2. The Morgan fingerprint density at radius 3 is 2.84 bits per heavy atom. The maximum Gasteiger partial charge on any atom is 0.224 e. The minimum atomic E-state index is 0.195. The Kier molecular flexibility index (Phi) is 4.24. The van der Waals surface area contributed by atoms with Crippen molar-refractivity contribution in [2.45, 2.75) is 19.3 Å². The summed E-state index contributed by atoms with van der Waals surface area (Å²) in [6, 6.07) is 7.26. The van der Waals surface area contributed by atoms with Gasteiger partial charge in [-0.3, -0.25) is 4.79 Å². The Morgan fingerprint density at radius 1 is 1.42 bits per heavy atom. The van der Waals surface area contributed by atoms with Gasteiger partial charge in [-0.05, 0) is 31.0 Å². The number of nitrogens with two attached hydrogens (primary N) is 1. The highest BCUT2D eigenvalue weighted by atomic mass is 16.2. The van der Waals surface area contributed by atoms with Crippen LogP contribution in [0.3, 0.4) is 0 Å². The second kappa shape index (κ2) is 6.10. The normalized spacial score (nSPS) is 14.2. The van der Waals surface area contributed by atoms with Gasteiger partial charge in [-0.2, -0.15) is 5.26 Å². The molecule has 100 valence electrons. The van der Waals surface area contributed by atoms with Crippen molar-refractivity contribution in [1.29, 1.82) is 5.26 Å². The minimum Gasteiger partial charge on any atom is -0.398 e. The lowest BCUT2D eigenvalue weighted by atomic mass is 10.2. The topological polar surface area (TPSA) is 82.2 Å². The molecule has 5 nitrogen and oxygen atoms in total. The number of rotatable bonds is 4. The second-order valence-electron chi connectivity index (χ2n) is 4.68. The van der Waals surface area contributed by atoms with Crippen LogP contribution in [0, 0.1) is 11.3 Å². The van der Waals surface area contributed by atoms with Crippen molar-refractivity contribution in [3.05, 3.63) is 23.8 Å². The van der Waals surface area contributed by atoms with Gasteiger partial charge in [0.1, 0.15) is 6.07 Å². The summed E-state index contributed by atoms with van der Waals surface area (Å²) >= 11 is 0. The molecule has 0 spiro atoms. The van der Waals surface area contributed by atoms with E-state index in [-0.39, 0.29) is 5.91 Å². The van der Waals surface area contributed by atoms with Gasteiger partial charge in [-0.1, -0.05) is 0 Å². The van der Waals surface area contributed by atoms with Crippen LogP contribution < -0.4 is 11.1 Å². The quantitative estimate of drug-likeness (QED) is 0.803. The molecule has 0 saturated carbocycles. The van der Waals surface area contributed by atoms with Crippen LogP contribution >= 0.6 is 0 Å². The number of amides is 1. The number of nitrogens with zero attached hydrogens (tertiary/aromatic N) is 2. The first-order valence-electron chi connectivity index (χ1n) is 6.52. The van der Waals surface area contributed by atoms with Crippen LogP contribution in [0.4, 0.5) is 11.4 Å². The third kappa shape index (κ3) is 3.38. The molecule has 19 heavy (non-hydrogen) atoms. The summed E-state index contributed by atoms with van der Waals surface area (Å²) in [5, 5.41) is 12.0. The predicted molar refractivity (Wildman–Crippen MR) is 74.5 cm³/mol. The van der Waals surface area contributed by atoms with Gasteiger partial charge in [-0.15, -0.1) is 0 Å². The van der Waals surface area contributed by atoms with Crippen LogP contribution in [0.5, 0.6) is 0 Å². The fourth-order valence-corrected chi connectivity index (χ4v) is 2.20. The zero-order valence-electron chi connectivity index (χ0n) is 10.9. The van der Waals surface area contributed by atoms with Gasteiger partial charge in [0, 0.05) is 37.4 Å². The third-order valence-corrected chi connectivity index (χ3v) is 3.30. The average Bonchev–Trinajstić information content (AvgIpc) is 2.94. The van der Waals surface area contributed by atoms with Crippen LogP contribution in [0.1, 0.15) is 24.8 Å². The van der Waals surface area contributed by atoms with Crippen molar-refractivity contribution in [2.24, 2.45) is 0 Å². The van der Waals surface area contributed by atoms with Gasteiger partial charge in [0.2, 0.25) is 5.91 Å². The number of carbonyl (C=O) groups is 1. The maximum atomic E-state index is 11.8. The van der Waals surface area contributed by atoms with Gasteiger partial charge < -0.3 is 16.0 Å². The molecule has 1 saturated heterocycles. The van der Waals surface area contributed by atoms with Crippen LogP contribution in [0.2, 0.25) is 0 Å². The van der Waals surface area contributed by atoms with Gasteiger partial charge in [0.25, 0.3) is 0 Å². The zero-order valence-corrected chi connectivity index (χ0v) is 10.9. The molecule has 1 aliphatic rings. The molecule has 1 aliphatic heterocycles. The minimum absolute atomic E-state index is 0.195. The van der Waals surface area contributed by atoms with Crippen molar-refractivity contribution in [1.82, 2.24) is 4.90 Å². The van der Waals surface area contributed by atoms with E-state index < -0.39 is 0 Å². The number of anilines is 2. The molecule has 0 aliphatic carbocycles.